The van der Waals surface area contributed by atoms with Crippen LogP contribution in [0.3, 0.4) is 0 Å². The Hall–Kier alpha value is -2.77. The molecule has 2 fully saturated rings. The molecular weight excluding hydrogens is 435 g/mol. The molecule has 2 aliphatic rings. The maximum atomic E-state index is 13.8. The number of halogens is 2. The van der Waals surface area contributed by atoms with Crippen LogP contribution in [-0.4, -0.2) is 40.9 Å². The number of nitrogens with one attached hydrogen (secondary N) is 1. The van der Waals surface area contributed by atoms with Crippen molar-refractivity contribution < 1.29 is 23.9 Å². The summed E-state index contributed by atoms with van der Waals surface area (Å²) in [6, 6.07) is 11.3. The number of piperidine rings is 2. The topological polar surface area (TPSA) is 86.7 Å². The first-order valence-electron chi connectivity index (χ1n) is 10.6. The van der Waals surface area contributed by atoms with Crippen molar-refractivity contribution in [3.8, 4) is 0 Å². The van der Waals surface area contributed by atoms with Gasteiger partial charge in [-0.15, -0.1) is 0 Å². The maximum absolute atomic E-state index is 13.8. The fraction of sp³-hybridized carbons (Fsp3) is 0.375. The number of nitrogens with zero attached hydrogens (tertiary/aromatic N) is 1. The zero-order chi connectivity index (χ0) is 22.9. The molecule has 2 amide bonds. The fourth-order valence-corrected chi connectivity index (χ4v) is 5.15. The Morgan fingerprint density at radius 1 is 1.19 bits per heavy atom. The van der Waals surface area contributed by atoms with Crippen molar-refractivity contribution in [2.45, 2.75) is 37.6 Å². The van der Waals surface area contributed by atoms with Gasteiger partial charge in [0.1, 0.15) is 5.82 Å². The van der Waals surface area contributed by atoms with Gasteiger partial charge in [-0.1, -0.05) is 29.8 Å². The lowest BCUT2D eigenvalue weighted by Gasteiger charge is -2.45. The number of carbonyl (C=O) groups excluding carboxylic acids is 2. The van der Waals surface area contributed by atoms with Gasteiger partial charge in [-0.05, 0) is 73.7 Å². The smallest absolute Gasteiger partial charge is 0.335 e. The molecule has 0 aliphatic carbocycles. The summed E-state index contributed by atoms with van der Waals surface area (Å²) in [5.74, 6) is -2.20. The average Bonchev–Trinajstić information content (AvgIpc) is 2.77. The number of carbonyl (C=O) groups is 3. The molecular formula is C24H24ClFN2O4. The lowest BCUT2D eigenvalue weighted by Crippen LogP contribution is -2.57. The molecule has 168 valence electrons. The Labute approximate surface area is 190 Å². The van der Waals surface area contributed by atoms with Crippen LogP contribution < -0.4 is 5.32 Å². The predicted octanol–water partition coefficient (Wildman–Crippen LogP) is 3.76. The van der Waals surface area contributed by atoms with Crippen molar-refractivity contribution in [3.63, 3.8) is 0 Å². The third-order valence-corrected chi connectivity index (χ3v) is 7.01. The third-order valence-electron chi connectivity index (χ3n) is 6.70. The van der Waals surface area contributed by atoms with E-state index in [1.54, 1.807) is 30.3 Å². The van der Waals surface area contributed by atoms with Gasteiger partial charge in [-0.2, -0.15) is 0 Å². The molecule has 0 radical (unpaired) electrons. The second-order valence-corrected chi connectivity index (χ2v) is 8.94. The zero-order valence-corrected chi connectivity index (χ0v) is 18.2. The highest BCUT2D eigenvalue weighted by molar-refractivity contribution is 6.30. The van der Waals surface area contributed by atoms with Crippen molar-refractivity contribution in [3.05, 3.63) is 70.0 Å². The molecule has 8 heteroatoms. The number of hydrogen-bond donors (Lipinski definition) is 2. The van der Waals surface area contributed by atoms with Gasteiger partial charge in [0.15, 0.2) is 0 Å². The van der Waals surface area contributed by atoms with Crippen LogP contribution in [0.15, 0.2) is 42.5 Å². The van der Waals surface area contributed by atoms with Gasteiger partial charge in [-0.3, -0.25) is 19.8 Å². The third kappa shape index (κ3) is 4.27. The molecule has 1 unspecified atom stereocenters. The SMILES string of the molecule is O=C1CCC(c2cccc(C(=O)O)c2)(C2CCN(Cc3ccc(Cl)c(F)c3)CC2)C(=O)N1. The van der Waals surface area contributed by atoms with E-state index in [0.717, 1.165) is 5.56 Å². The Kier molecular flexibility index (Phi) is 6.31. The summed E-state index contributed by atoms with van der Waals surface area (Å²) in [5, 5.41) is 12.0. The first-order valence-corrected chi connectivity index (χ1v) is 11.0. The number of amides is 2. The van der Waals surface area contributed by atoms with Crippen LogP contribution in [0.5, 0.6) is 0 Å². The molecule has 2 heterocycles. The quantitative estimate of drug-likeness (QED) is 0.666. The number of carboxylic acids is 1. The lowest BCUT2D eigenvalue weighted by molar-refractivity contribution is -0.140. The highest BCUT2D eigenvalue weighted by atomic mass is 35.5. The molecule has 0 bridgehead atoms. The fourth-order valence-electron chi connectivity index (χ4n) is 5.04. The highest BCUT2D eigenvalue weighted by Crippen LogP contribution is 2.44. The van der Waals surface area contributed by atoms with Crippen LogP contribution in [0.2, 0.25) is 5.02 Å². The zero-order valence-electron chi connectivity index (χ0n) is 17.4. The monoisotopic (exact) mass is 458 g/mol. The molecule has 1 atom stereocenters. The minimum absolute atomic E-state index is 0.0437. The van der Waals surface area contributed by atoms with Crippen molar-refractivity contribution >= 4 is 29.4 Å². The largest absolute Gasteiger partial charge is 0.478 e. The summed E-state index contributed by atoms with van der Waals surface area (Å²) in [7, 11) is 0. The van der Waals surface area contributed by atoms with Gasteiger partial charge in [0.2, 0.25) is 11.8 Å². The standard InChI is InChI=1S/C24H24ClFN2O4/c25-19-5-4-15(12-20(19)26)14-28-10-7-17(8-11-28)24(9-6-21(29)27-23(24)32)18-3-1-2-16(13-18)22(30)31/h1-5,12-13,17H,6-11,14H2,(H,30,31)(H,27,29,32). The molecule has 4 rings (SSSR count). The van der Waals surface area contributed by atoms with Crippen molar-refractivity contribution in [1.82, 2.24) is 10.2 Å². The maximum Gasteiger partial charge on any atom is 0.335 e. The molecule has 0 spiro atoms. The Bertz CT molecular complexity index is 1070. The van der Waals surface area contributed by atoms with Crippen LogP contribution in [0.4, 0.5) is 4.39 Å². The predicted molar refractivity (Wildman–Crippen MR) is 117 cm³/mol. The lowest BCUT2D eigenvalue weighted by atomic mass is 9.62. The van der Waals surface area contributed by atoms with Crippen LogP contribution >= 0.6 is 11.6 Å². The molecule has 2 aliphatic heterocycles. The van der Waals surface area contributed by atoms with Gasteiger partial charge < -0.3 is 5.11 Å². The van der Waals surface area contributed by atoms with Crippen LogP contribution in [0.25, 0.3) is 0 Å². The van der Waals surface area contributed by atoms with Crippen molar-refractivity contribution in [2.24, 2.45) is 5.92 Å². The first kappa shape index (κ1) is 22.4. The molecule has 2 saturated heterocycles. The summed E-state index contributed by atoms with van der Waals surface area (Å²) < 4.78 is 13.8. The van der Waals surface area contributed by atoms with E-state index in [1.165, 1.54) is 12.1 Å². The number of likely N-dealkylation sites (tertiary alicyclic amines) is 1. The van der Waals surface area contributed by atoms with Crippen molar-refractivity contribution in [1.29, 1.82) is 0 Å². The number of hydrogen-bond acceptors (Lipinski definition) is 4. The Morgan fingerprint density at radius 3 is 2.59 bits per heavy atom. The normalized spacial score (nSPS) is 22.6. The molecule has 2 aromatic rings. The number of imide groups is 1. The summed E-state index contributed by atoms with van der Waals surface area (Å²) >= 11 is 5.77. The van der Waals surface area contributed by atoms with Crippen molar-refractivity contribution in [2.75, 3.05) is 13.1 Å². The Morgan fingerprint density at radius 2 is 1.94 bits per heavy atom. The van der Waals surface area contributed by atoms with Gasteiger partial charge >= 0.3 is 5.97 Å². The van der Waals surface area contributed by atoms with Crippen LogP contribution in [-0.2, 0) is 21.5 Å². The van der Waals surface area contributed by atoms with Gasteiger partial charge in [-0.25, -0.2) is 9.18 Å². The molecule has 0 aromatic heterocycles. The van der Waals surface area contributed by atoms with Crippen LogP contribution in [0, 0.1) is 11.7 Å². The number of carboxylic acid groups (broad SMARTS) is 1. The van der Waals surface area contributed by atoms with Crippen LogP contribution in [0.1, 0.15) is 47.2 Å². The summed E-state index contributed by atoms with van der Waals surface area (Å²) in [5.41, 5.74) is 0.641. The van der Waals surface area contributed by atoms with E-state index in [4.69, 9.17) is 11.6 Å². The molecule has 0 saturated carbocycles. The van der Waals surface area contributed by atoms with Gasteiger partial charge in [0, 0.05) is 13.0 Å². The first-order chi connectivity index (χ1) is 15.3. The van der Waals surface area contributed by atoms with E-state index >= 15 is 0 Å². The van der Waals surface area contributed by atoms with E-state index < -0.39 is 17.2 Å². The molecule has 6 nitrogen and oxygen atoms in total. The molecule has 32 heavy (non-hydrogen) atoms. The second-order valence-electron chi connectivity index (χ2n) is 8.53. The number of benzene rings is 2. The van der Waals surface area contributed by atoms with E-state index in [9.17, 15) is 23.9 Å². The molecule has 2 N–H and O–H groups in total. The van der Waals surface area contributed by atoms with Gasteiger partial charge in [0.05, 0.1) is 16.0 Å². The number of aromatic carboxylic acids is 1. The Balaban J connectivity index is 1.56. The number of rotatable bonds is 5. The summed E-state index contributed by atoms with van der Waals surface area (Å²) in [6.45, 7) is 1.99. The van der Waals surface area contributed by atoms with E-state index in [-0.39, 0.29) is 34.7 Å². The highest BCUT2D eigenvalue weighted by Gasteiger charge is 2.50. The molecule has 2 aromatic carbocycles. The minimum atomic E-state index is -1.06. The summed E-state index contributed by atoms with van der Waals surface area (Å²) in [6.07, 6.45) is 1.98. The van der Waals surface area contributed by atoms with E-state index in [2.05, 4.69) is 10.2 Å². The van der Waals surface area contributed by atoms with E-state index in [1.807, 2.05) is 0 Å². The minimum Gasteiger partial charge on any atom is -0.478 e. The average molecular weight is 459 g/mol. The second kappa shape index (κ2) is 9.00. The van der Waals surface area contributed by atoms with E-state index in [0.29, 0.717) is 44.5 Å². The summed E-state index contributed by atoms with van der Waals surface area (Å²) in [4.78, 5) is 38.8. The van der Waals surface area contributed by atoms with Gasteiger partial charge in [0.25, 0.3) is 0 Å².